The predicted octanol–water partition coefficient (Wildman–Crippen LogP) is 3.59. The normalized spacial score (nSPS) is 15.9. The first-order valence-electron chi connectivity index (χ1n) is 18.3. The molecule has 2 aromatic heterocycles. The number of H-pyrrole nitrogens is 1. The lowest BCUT2D eigenvalue weighted by Gasteiger charge is -2.30. The number of sulfone groups is 2. The van der Waals surface area contributed by atoms with Crippen LogP contribution in [0.4, 0.5) is 11.9 Å². The van der Waals surface area contributed by atoms with Gasteiger partial charge in [0.25, 0.3) is 0 Å². The van der Waals surface area contributed by atoms with Gasteiger partial charge < -0.3 is 18.9 Å². The first-order valence-corrected chi connectivity index (χ1v) is 21.4. The smallest absolute Gasteiger partial charge is 0.249 e. The summed E-state index contributed by atoms with van der Waals surface area (Å²) in [5.41, 5.74) is 1.50. The summed E-state index contributed by atoms with van der Waals surface area (Å²) < 4.78 is 70.9. The number of carbonyl (C=O) groups excluding carboxylic acids is 2. The van der Waals surface area contributed by atoms with Crippen LogP contribution in [-0.4, -0.2) is 119 Å². The zero-order chi connectivity index (χ0) is 41.6. The summed E-state index contributed by atoms with van der Waals surface area (Å²) in [4.78, 5) is 34.2. The van der Waals surface area contributed by atoms with Gasteiger partial charge in [-0.15, -0.1) is 10.2 Å². The molecular weight excluding hydrogens is 781 g/mol. The van der Waals surface area contributed by atoms with Crippen LogP contribution in [0.5, 0.6) is 11.5 Å². The quantitative estimate of drug-likeness (QED) is 0.185. The van der Waals surface area contributed by atoms with E-state index in [4.69, 9.17) is 18.9 Å². The van der Waals surface area contributed by atoms with Crippen molar-refractivity contribution in [1.29, 1.82) is 0 Å². The largest absolute Gasteiger partial charge is 0.497 e. The second-order valence-electron chi connectivity index (χ2n) is 14.5. The zero-order valence-electron chi connectivity index (χ0n) is 33.1. The molecule has 0 bridgehead atoms. The average molecular weight is 831 g/mol. The van der Waals surface area contributed by atoms with Crippen molar-refractivity contribution < 1.29 is 45.4 Å². The van der Waals surface area contributed by atoms with Gasteiger partial charge in [0.05, 0.1) is 24.7 Å². The van der Waals surface area contributed by atoms with Gasteiger partial charge in [0.1, 0.15) is 21.0 Å². The number of methoxy groups -OCH3 is 2. The lowest BCUT2D eigenvalue weighted by Crippen LogP contribution is -2.50. The Balaban J connectivity index is 0.000000218. The number of anilines is 2. The molecule has 4 aromatic rings. The van der Waals surface area contributed by atoms with Gasteiger partial charge >= 0.3 is 0 Å². The van der Waals surface area contributed by atoms with E-state index in [0.717, 1.165) is 11.1 Å². The lowest BCUT2D eigenvalue weighted by atomic mass is 10.2. The number of benzene rings is 2. The first kappa shape index (κ1) is 43.2. The summed E-state index contributed by atoms with van der Waals surface area (Å²) in [7, 11) is -2.62. The van der Waals surface area contributed by atoms with Crippen LogP contribution in [-0.2, 0) is 45.8 Å². The molecule has 2 aromatic carbocycles. The fraction of sp³-hybridized carbons (Fsp3) is 0.514. The van der Waals surface area contributed by atoms with Gasteiger partial charge in [-0.25, -0.2) is 21.5 Å². The maximum absolute atomic E-state index is 13.0. The molecule has 2 aliphatic heterocycles. The molecule has 57 heavy (non-hydrogen) atoms. The number of hydrogen-bond acceptors (Lipinski definition) is 14. The summed E-state index contributed by atoms with van der Waals surface area (Å²) in [6.45, 7) is 7.20. The summed E-state index contributed by atoms with van der Waals surface area (Å²) in [5, 5.41) is 15.0. The molecule has 2 amide bonds. The van der Waals surface area contributed by atoms with Crippen molar-refractivity contribution in [3.63, 3.8) is 0 Å². The van der Waals surface area contributed by atoms with Gasteiger partial charge in [0, 0.05) is 44.6 Å². The first-order chi connectivity index (χ1) is 26.9. The maximum Gasteiger partial charge on any atom is 0.249 e. The van der Waals surface area contributed by atoms with Gasteiger partial charge in [-0.2, -0.15) is 9.97 Å². The van der Waals surface area contributed by atoms with Crippen LogP contribution in [0.25, 0.3) is 22.8 Å². The molecule has 20 heteroatoms. The van der Waals surface area contributed by atoms with Crippen molar-refractivity contribution in [2.24, 2.45) is 7.05 Å². The third kappa shape index (κ3) is 9.45. The molecule has 0 aliphatic carbocycles. The molecule has 2 fully saturated rings. The highest BCUT2D eigenvalue weighted by Crippen LogP contribution is 2.31. The highest BCUT2D eigenvalue weighted by molar-refractivity contribution is 7.94. The zero-order valence-corrected chi connectivity index (χ0v) is 34.7. The van der Waals surface area contributed by atoms with Gasteiger partial charge in [-0.3, -0.25) is 25.3 Å². The van der Waals surface area contributed by atoms with Crippen LogP contribution in [0, 0.1) is 0 Å². The standard InChI is InChI=1S/C19H26N4O5S.C18H24N4O5S/c1-19(2,29(25,26)15-9-11-28-12-10-15)17(24)21-18-20-16(22-23(18)3)13-5-7-14(27-4)8-6-13;1-18(2,28(24,25)14-8-10-27-11-9-14)16(23)20-17-19-15(21-22-17)12-4-6-13(26-3)7-5-12/h5-8,15H,9-12H2,1-4H3,(H,20,21,22,24);4-7,14H,8-11H2,1-3H3,(H2,19,20,21,22,23). The predicted molar refractivity (Wildman–Crippen MR) is 212 cm³/mol. The summed E-state index contributed by atoms with van der Waals surface area (Å²) in [6.07, 6.45) is 1.57. The van der Waals surface area contributed by atoms with E-state index in [0.29, 0.717) is 75.3 Å². The van der Waals surface area contributed by atoms with Gasteiger partial charge in [0.15, 0.2) is 31.3 Å². The molecule has 18 nitrogen and oxygen atoms in total. The molecular formula is C37H50N8O10S2. The molecule has 2 saturated heterocycles. The molecule has 4 heterocycles. The van der Waals surface area contributed by atoms with Crippen molar-refractivity contribution >= 4 is 43.4 Å². The number of aromatic nitrogens is 6. The van der Waals surface area contributed by atoms with Gasteiger partial charge in [-0.05, 0) is 102 Å². The van der Waals surface area contributed by atoms with E-state index in [1.165, 1.54) is 32.4 Å². The second kappa shape index (κ2) is 17.7. The SMILES string of the molecule is COc1ccc(-c2nc(NC(=O)C(C)(C)S(=O)(=O)C3CCOCC3)n(C)n2)cc1.COc1ccc(-c2nc(NC(=O)C(C)(C)S(=O)(=O)C3CCOCC3)n[nH]2)cc1. The molecule has 0 atom stereocenters. The number of aryl methyl sites for hydroxylation is 1. The molecule has 2 aliphatic rings. The molecule has 0 unspecified atom stereocenters. The lowest BCUT2D eigenvalue weighted by molar-refractivity contribution is -0.118. The maximum atomic E-state index is 13.0. The Hall–Kier alpha value is -4.92. The molecule has 310 valence electrons. The van der Waals surface area contributed by atoms with Crippen LogP contribution in [0.1, 0.15) is 53.4 Å². The molecule has 0 spiro atoms. The Morgan fingerprint density at radius 2 is 1.16 bits per heavy atom. The van der Waals surface area contributed by atoms with Crippen LogP contribution >= 0.6 is 0 Å². The van der Waals surface area contributed by atoms with E-state index in [-0.39, 0.29) is 11.9 Å². The van der Waals surface area contributed by atoms with Gasteiger partial charge in [-0.1, -0.05) is 0 Å². The molecule has 3 N–H and O–H groups in total. The number of amides is 2. The third-order valence-corrected chi connectivity index (χ3v) is 16.1. The molecule has 6 rings (SSSR count). The van der Waals surface area contributed by atoms with E-state index in [1.54, 1.807) is 69.8 Å². The number of ether oxygens (including phenoxy) is 4. The van der Waals surface area contributed by atoms with Gasteiger partial charge in [0.2, 0.25) is 23.7 Å². The number of carbonyl (C=O) groups is 2. The van der Waals surface area contributed by atoms with E-state index < -0.39 is 51.5 Å². The van der Waals surface area contributed by atoms with Crippen molar-refractivity contribution in [2.75, 3.05) is 51.3 Å². The van der Waals surface area contributed by atoms with Crippen LogP contribution in [0.3, 0.4) is 0 Å². The highest BCUT2D eigenvalue weighted by atomic mass is 32.2. The minimum atomic E-state index is -3.71. The molecule has 0 radical (unpaired) electrons. The van der Waals surface area contributed by atoms with Crippen LogP contribution < -0.4 is 20.1 Å². The highest BCUT2D eigenvalue weighted by Gasteiger charge is 2.48. The fourth-order valence-electron chi connectivity index (χ4n) is 6.12. The summed E-state index contributed by atoms with van der Waals surface area (Å²) >= 11 is 0. The minimum Gasteiger partial charge on any atom is -0.497 e. The van der Waals surface area contributed by atoms with Crippen LogP contribution in [0.2, 0.25) is 0 Å². The van der Waals surface area contributed by atoms with Crippen molar-refractivity contribution in [1.82, 2.24) is 29.9 Å². The van der Waals surface area contributed by atoms with E-state index in [2.05, 4.69) is 35.9 Å². The fourth-order valence-corrected chi connectivity index (χ4v) is 10.0. The number of nitrogens with zero attached hydrogens (tertiary/aromatic N) is 5. The van der Waals surface area contributed by atoms with E-state index >= 15 is 0 Å². The Morgan fingerprint density at radius 3 is 1.61 bits per heavy atom. The Kier molecular flexibility index (Phi) is 13.4. The number of hydrogen-bond donors (Lipinski definition) is 3. The van der Waals surface area contributed by atoms with Crippen molar-refractivity contribution in [3.05, 3.63) is 48.5 Å². The topological polar surface area (TPSA) is 236 Å². The Labute approximate surface area is 332 Å². The average Bonchev–Trinajstić information content (AvgIpc) is 3.84. The number of nitrogens with one attached hydrogen (secondary N) is 3. The summed E-state index contributed by atoms with van der Waals surface area (Å²) in [6, 6.07) is 14.3. The Morgan fingerprint density at radius 1 is 0.719 bits per heavy atom. The summed E-state index contributed by atoms with van der Waals surface area (Å²) in [5.74, 6) is 1.16. The number of rotatable bonds is 12. The second-order valence-corrected chi connectivity index (χ2v) is 20.0. The van der Waals surface area contributed by atoms with Crippen molar-refractivity contribution in [2.45, 2.75) is 73.4 Å². The van der Waals surface area contributed by atoms with E-state index in [1.807, 2.05) is 0 Å². The monoisotopic (exact) mass is 830 g/mol. The Bertz CT molecular complexity index is 2230. The van der Waals surface area contributed by atoms with Crippen molar-refractivity contribution in [3.8, 4) is 34.3 Å². The van der Waals surface area contributed by atoms with E-state index in [9.17, 15) is 26.4 Å². The number of aromatic amines is 1. The molecule has 0 saturated carbocycles. The van der Waals surface area contributed by atoms with Crippen LogP contribution in [0.15, 0.2) is 48.5 Å². The third-order valence-electron chi connectivity index (χ3n) is 10.1. The minimum absolute atomic E-state index is 0.0195.